The molecule has 1 amide bonds. The van der Waals surface area contributed by atoms with Crippen LogP contribution in [0.15, 0.2) is 18.2 Å². The summed E-state index contributed by atoms with van der Waals surface area (Å²) in [6.07, 6.45) is 0. The van der Waals surface area contributed by atoms with E-state index in [1.54, 1.807) is 7.05 Å². The maximum absolute atomic E-state index is 11.3. The Kier molecular flexibility index (Phi) is 2.90. The first-order valence-corrected chi connectivity index (χ1v) is 4.19. The molecule has 0 radical (unpaired) electrons. The van der Waals surface area contributed by atoms with E-state index in [1.165, 1.54) is 0 Å². The van der Waals surface area contributed by atoms with Crippen LogP contribution in [0.4, 0.5) is 5.69 Å². The SMILES string of the molecule is CNC(=O)c1cc(C)cc(NC)c1. The van der Waals surface area contributed by atoms with Crippen LogP contribution >= 0.6 is 0 Å². The molecule has 2 N–H and O–H groups in total. The predicted octanol–water partition coefficient (Wildman–Crippen LogP) is 1.40. The molecule has 1 aromatic carbocycles. The van der Waals surface area contributed by atoms with E-state index in [0.717, 1.165) is 11.3 Å². The lowest BCUT2D eigenvalue weighted by molar-refractivity contribution is 0.0963. The second-order valence-electron chi connectivity index (χ2n) is 2.92. The van der Waals surface area contributed by atoms with E-state index < -0.39 is 0 Å². The van der Waals surface area contributed by atoms with Crippen LogP contribution < -0.4 is 10.6 Å². The molecule has 0 aromatic heterocycles. The number of hydrogen-bond acceptors (Lipinski definition) is 2. The van der Waals surface area contributed by atoms with Gasteiger partial charge >= 0.3 is 0 Å². The Morgan fingerprint density at radius 1 is 1.23 bits per heavy atom. The minimum Gasteiger partial charge on any atom is -0.388 e. The number of nitrogens with one attached hydrogen (secondary N) is 2. The first-order valence-electron chi connectivity index (χ1n) is 4.19. The number of aryl methyl sites for hydroxylation is 1. The van der Waals surface area contributed by atoms with Crippen LogP contribution in [0, 0.1) is 6.92 Å². The van der Waals surface area contributed by atoms with Gasteiger partial charge in [-0.3, -0.25) is 4.79 Å². The Balaban J connectivity index is 3.08. The zero-order valence-electron chi connectivity index (χ0n) is 8.14. The van der Waals surface area contributed by atoms with Crippen molar-refractivity contribution in [1.82, 2.24) is 5.32 Å². The van der Waals surface area contributed by atoms with E-state index in [9.17, 15) is 4.79 Å². The number of hydrogen-bond donors (Lipinski definition) is 2. The molecule has 0 fully saturated rings. The van der Waals surface area contributed by atoms with Crippen LogP contribution in [0.25, 0.3) is 0 Å². The lowest BCUT2D eigenvalue weighted by atomic mass is 10.1. The topological polar surface area (TPSA) is 41.1 Å². The van der Waals surface area contributed by atoms with Gasteiger partial charge in [-0.05, 0) is 30.7 Å². The van der Waals surface area contributed by atoms with Crippen molar-refractivity contribution in [2.75, 3.05) is 19.4 Å². The molecule has 70 valence electrons. The van der Waals surface area contributed by atoms with Gasteiger partial charge in [0.2, 0.25) is 0 Å². The van der Waals surface area contributed by atoms with Gasteiger partial charge in [-0.1, -0.05) is 0 Å². The number of carbonyl (C=O) groups excluding carboxylic acids is 1. The maximum atomic E-state index is 11.3. The monoisotopic (exact) mass is 178 g/mol. The Labute approximate surface area is 78.2 Å². The standard InChI is InChI=1S/C10H14N2O/c1-7-4-8(10(13)12-3)6-9(5-7)11-2/h4-6,11H,1-3H3,(H,12,13). The van der Waals surface area contributed by atoms with Crippen LogP contribution in [0.2, 0.25) is 0 Å². The lowest BCUT2D eigenvalue weighted by Crippen LogP contribution is -2.17. The normalized spacial score (nSPS) is 9.46. The maximum Gasteiger partial charge on any atom is 0.251 e. The van der Waals surface area contributed by atoms with Gasteiger partial charge < -0.3 is 10.6 Å². The summed E-state index contributed by atoms with van der Waals surface area (Å²) in [4.78, 5) is 11.3. The number of anilines is 1. The van der Waals surface area contributed by atoms with E-state index in [-0.39, 0.29) is 5.91 Å². The first-order chi connectivity index (χ1) is 6.17. The second kappa shape index (κ2) is 3.94. The van der Waals surface area contributed by atoms with Crippen LogP contribution in [0.1, 0.15) is 15.9 Å². The number of rotatable bonds is 2. The third-order valence-corrected chi connectivity index (χ3v) is 1.86. The fourth-order valence-electron chi connectivity index (χ4n) is 1.20. The molecular formula is C10H14N2O. The smallest absolute Gasteiger partial charge is 0.251 e. The molecule has 1 aromatic rings. The van der Waals surface area contributed by atoms with E-state index in [0.29, 0.717) is 5.56 Å². The van der Waals surface area contributed by atoms with Gasteiger partial charge in [0, 0.05) is 25.3 Å². The van der Waals surface area contributed by atoms with Crippen LogP contribution in [-0.2, 0) is 0 Å². The van der Waals surface area contributed by atoms with E-state index in [1.807, 2.05) is 32.2 Å². The quantitative estimate of drug-likeness (QED) is 0.718. The van der Waals surface area contributed by atoms with Crippen LogP contribution in [0.5, 0.6) is 0 Å². The lowest BCUT2D eigenvalue weighted by Gasteiger charge is -2.05. The summed E-state index contributed by atoms with van der Waals surface area (Å²) >= 11 is 0. The van der Waals surface area contributed by atoms with E-state index in [4.69, 9.17) is 0 Å². The molecule has 13 heavy (non-hydrogen) atoms. The summed E-state index contributed by atoms with van der Waals surface area (Å²) in [6.45, 7) is 1.97. The van der Waals surface area contributed by atoms with E-state index >= 15 is 0 Å². The Morgan fingerprint density at radius 3 is 2.46 bits per heavy atom. The fraction of sp³-hybridized carbons (Fsp3) is 0.300. The third kappa shape index (κ3) is 2.21. The first kappa shape index (κ1) is 9.58. The molecule has 0 atom stereocenters. The van der Waals surface area contributed by atoms with Crippen LogP contribution in [0.3, 0.4) is 0 Å². The summed E-state index contributed by atoms with van der Waals surface area (Å²) in [5.74, 6) is -0.0554. The van der Waals surface area contributed by atoms with Crippen molar-refractivity contribution in [3.8, 4) is 0 Å². The molecule has 0 saturated carbocycles. The molecule has 0 bridgehead atoms. The predicted molar refractivity (Wildman–Crippen MR) is 54.1 cm³/mol. The van der Waals surface area contributed by atoms with Crippen LogP contribution in [-0.4, -0.2) is 20.0 Å². The fourth-order valence-corrected chi connectivity index (χ4v) is 1.20. The Hall–Kier alpha value is -1.51. The van der Waals surface area contributed by atoms with Gasteiger partial charge in [-0.2, -0.15) is 0 Å². The zero-order valence-corrected chi connectivity index (χ0v) is 8.14. The largest absolute Gasteiger partial charge is 0.388 e. The molecular weight excluding hydrogens is 164 g/mol. The molecule has 0 aliphatic heterocycles. The summed E-state index contributed by atoms with van der Waals surface area (Å²) in [5, 5.41) is 5.60. The summed E-state index contributed by atoms with van der Waals surface area (Å²) in [6, 6.07) is 5.68. The Bertz CT molecular complexity index is 321. The molecule has 0 aliphatic rings. The summed E-state index contributed by atoms with van der Waals surface area (Å²) in [7, 11) is 3.46. The van der Waals surface area contributed by atoms with Crippen molar-refractivity contribution in [1.29, 1.82) is 0 Å². The average Bonchev–Trinajstić information content (AvgIpc) is 2.15. The van der Waals surface area contributed by atoms with Gasteiger partial charge in [0.15, 0.2) is 0 Å². The second-order valence-corrected chi connectivity index (χ2v) is 2.92. The zero-order chi connectivity index (χ0) is 9.84. The van der Waals surface area contributed by atoms with Gasteiger partial charge in [0.05, 0.1) is 0 Å². The van der Waals surface area contributed by atoms with Gasteiger partial charge in [0.1, 0.15) is 0 Å². The molecule has 3 heteroatoms. The van der Waals surface area contributed by atoms with Gasteiger partial charge in [0.25, 0.3) is 5.91 Å². The van der Waals surface area contributed by atoms with E-state index in [2.05, 4.69) is 10.6 Å². The average molecular weight is 178 g/mol. The van der Waals surface area contributed by atoms with Crippen molar-refractivity contribution in [3.05, 3.63) is 29.3 Å². The molecule has 0 saturated heterocycles. The summed E-state index contributed by atoms with van der Waals surface area (Å²) < 4.78 is 0. The van der Waals surface area contributed by atoms with Crippen molar-refractivity contribution in [2.24, 2.45) is 0 Å². The number of amides is 1. The highest BCUT2D eigenvalue weighted by Gasteiger charge is 2.04. The van der Waals surface area contributed by atoms with Gasteiger partial charge in [-0.15, -0.1) is 0 Å². The highest BCUT2D eigenvalue weighted by atomic mass is 16.1. The minimum absolute atomic E-state index is 0.0554. The van der Waals surface area contributed by atoms with Crippen molar-refractivity contribution >= 4 is 11.6 Å². The molecule has 0 unspecified atom stereocenters. The minimum atomic E-state index is -0.0554. The highest BCUT2D eigenvalue weighted by Crippen LogP contribution is 2.13. The van der Waals surface area contributed by atoms with Crippen molar-refractivity contribution in [2.45, 2.75) is 6.92 Å². The van der Waals surface area contributed by atoms with Gasteiger partial charge in [-0.25, -0.2) is 0 Å². The molecule has 0 aliphatic carbocycles. The molecule has 0 heterocycles. The highest BCUT2D eigenvalue weighted by molar-refractivity contribution is 5.95. The van der Waals surface area contributed by atoms with Crippen molar-refractivity contribution < 1.29 is 4.79 Å². The van der Waals surface area contributed by atoms with Crippen molar-refractivity contribution in [3.63, 3.8) is 0 Å². The number of carbonyl (C=O) groups is 1. The third-order valence-electron chi connectivity index (χ3n) is 1.86. The molecule has 1 rings (SSSR count). The molecule has 0 spiro atoms. The summed E-state index contributed by atoms with van der Waals surface area (Å²) in [5.41, 5.74) is 2.72. The molecule has 3 nitrogen and oxygen atoms in total. The number of benzene rings is 1. The Morgan fingerprint density at radius 2 is 1.92 bits per heavy atom.